The molecule has 0 bridgehead atoms. The molecule has 0 saturated heterocycles. The van der Waals surface area contributed by atoms with Gasteiger partial charge in [-0.1, -0.05) is 136 Å². The molecule has 0 saturated carbocycles. The van der Waals surface area contributed by atoms with Crippen LogP contribution in [0.25, 0.3) is 16.5 Å². The van der Waals surface area contributed by atoms with Crippen LogP contribution in [-0.2, 0) is 28.1 Å². The summed E-state index contributed by atoms with van der Waals surface area (Å²) in [5.41, 5.74) is 23.5. The Morgan fingerprint density at radius 2 is 1.16 bits per heavy atom. The Labute approximate surface area is 375 Å². The first-order valence-corrected chi connectivity index (χ1v) is 23.4. The molecule has 0 atom stereocenters. The molecule has 7 aromatic rings. The zero-order chi connectivity index (χ0) is 44.0. The van der Waals surface area contributed by atoms with Crippen LogP contribution in [0.5, 0.6) is 0 Å². The Morgan fingerprint density at radius 1 is 0.587 bits per heavy atom. The Morgan fingerprint density at radius 3 is 1.79 bits per heavy atom. The molecule has 3 heterocycles. The molecule has 6 aromatic carbocycles. The molecule has 0 spiro atoms. The predicted molar refractivity (Wildman–Crippen MR) is 270 cm³/mol. The molecular weight excluding hydrogens is 763 g/mol. The van der Waals surface area contributed by atoms with Gasteiger partial charge >= 0.3 is 0 Å². The monoisotopic (exact) mass is 824 g/mol. The molecule has 316 valence electrons. The summed E-state index contributed by atoms with van der Waals surface area (Å²) in [6.07, 6.45) is 6.68. The van der Waals surface area contributed by atoms with Crippen molar-refractivity contribution >= 4 is 73.8 Å². The second-order valence-corrected chi connectivity index (χ2v) is 22.5. The first-order valence-electron chi connectivity index (χ1n) is 23.4. The summed E-state index contributed by atoms with van der Waals surface area (Å²) in [6.45, 7) is 26.1. The zero-order valence-corrected chi connectivity index (χ0v) is 39.3. The summed E-state index contributed by atoms with van der Waals surface area (Å²) in [5, 5.41) is 1.20. The molecule has 63 heavy (non-hydrogen) atoms. The molecule has 0 radical (unpaired) electrons. The molecule has 0 amide bonds. The van der Waals surface area contributed by atoms with Crippen LogP contribution >= 0.6 is 0 Å². The minimum absolute atomic E-state index is 0.00308. The van der Waals surface area contributed by atoms with Crippen LogP contribution in [0.3, 0.4) is 0 Å². The van der Waals surface area contributed by atoms with E-state index in [9.17, 15) is 0 Å². The quantitative estimate of drug-likeness (QED) is 0.166. The fourth-order valence-electron chi connectivity index (χ4n) is 11.4. The molecule has 4 heteroatoms. The number of nitrogens with zero attached hydrogens (tertiary/aromatic N) is 2. The molecular formula is C59H61BN2O. The van der Waals surface area contributed by atoms with Crippen molar-refractivity contribution in [1.82, 2.24) is 0 Å². The summed E-state index contributed by atoms with van der Waals surface area (Å²) >= 11 is 0. The fraction of sp³-hybridized carbons (Fsp3) is 0.322. The van der Waals surface area contributed by atoms with Crippen molar-refractivity contribution in [2.45, 2.75) is 124 Å². The number of rotatable bonds is 3. The van der Waals surface area contributed by atoms with E-state index in [0.717, 1.165) is 24.2 Å². The first kappa shape index (κ1) is 40.1. The summed E-state index contributed by atoms with van der Waals surface area (Å²) in [5.74, 6) is 1.10. The molecule has 2 aliphatic heterocycles. The summed E-state index contributed by atoms with van der Waals surface area (Å²) < 4.78 is 6.42. The van der Waals surface area contributed by atoms with Gasteiger partial charge in [0.15, 0.2) is 0 Å². The highest BCUT2D eigenvalue weighted by Gasteiger charge is 2.46. The second-order valence-electron chi connectivity index (χ2n) is 22.5. The van der Waals surface area contributed by atoms with E-state index in [4.69, 9.17) is 4.42 Å². The van der Waals surface area contributed by atoms with Crippen molar-refractivity contribution in [3.8, 4) is 0 Å². The van der Waals surface area contributed by atoms with Gasteiger partial charge in [-0.25, -0.2) is 0 Å². The number of hydrogen-bond donors (Lipinski definition) is 0. The maximum absolute atomic E-state index is 6.42. The van der Waals surface area contributed by atoms with Crippen LogP contribution in [0.15, 0.2) is 126 Å². The molecule has 1 aromatic heterocycles. The van der Waals surface area contributed by atoms with Gasteiger partial charge in [0, 0.05) is 51.5 Å². The largest absolute Gasteiger partial charge is 0.460 e. The van der Waals surface area contributed by atoms with Gasteiger partial charge in [-0.3, -0.25) is 0 Å². The van der Waals surface area contributed by atoms with Gasteiger partial charge in [0.2, 0.25) is 0 Å². The number of benzene rings is 6. The lowest BCUT2D eigenvalue weighted by atomic mass is 9.33. The van der Waals surface area contributed by atoms with E-state index in [-0.39, 0.29) is 28.4 Å². The number of fused-ring (bicyclic) bond motifs is 8. The van der Waals surface area contributed by atoms with Crippen LogP contribution in [-0.4, -0.2) is 6.71 Å². The van der Waals surface area contributed by atoms with Crippen molar-refractivity contribution in [3.63, 3.8) is 0 Å². The van der Waals surface area contributed by atoms with Gasteiger partial charge in [0.25, 0.3) is 6.71 Å². The van der Waals surface area contributed by atoms with Gasteiger partial charge < -0.3 is 14.2 Å². The third-order valence-electron chi connectivity index (χ3n) is 15.1. The van der Waals surface area contributed by atoms with Gasteiger partial charge in [-0.05, 0) is 158 Å². The average Bonchev–Trinajstić information content (AvgIpc) is 3.63. The van der Waals surface area contributed by atoms with E-state index in [1.54, 1.807) is 0 Å². The number of hydrogen-bond acceptors (Lipinski definition) is 3. The van der Waals surface area contributed by atoms with E-state index in [1.165, 1.54) is 113 Å². The van der Waals surface area contributed by atoms with Gasteiger partial charge in [0.05, 0.1) is 0 Å². The Balaban J connectivity index is 1.16. The van der Waals surface area contributed by atoms with Crippen molar-refractivity contribution in [3.05, 3.63) is 166 Å². The second kappa shape index (κ2) is 13.6. The molecule has 2 aliphatic carbocycles. The summed E-state index contributed by atoms with van der Waals surface area (Å²) in [4.78, 5) is 5.20. The number of allylic oxidation sites excluding steroid dienone is 1. The van der Waals surface area contributed by atoms with Crippen molar-refractivity contribution in [1.29, 1.82) is 0 Å². The number of aryl methyl sites for hydroxylation is 2. The van der Waals surface area contributed by atoms with E-state index >= 15 is 0 Å². The summed E-state index contributed by atoms with van der Waals surface area (Å²) in [7, 11) is 0. The third kappa shape index (κ3) is 6.22. The molecule has 11 rings (SSSR count). The maximum atomic E-state index is 6.42. The maximum Gasteiger partial charge on any atom is 0.252 e. The van der Waals surface area contributed by atoms with E-state index < -0.39 is 0 Å². The number of furan rings is 1. The third-order valence-corrected chi connectivity index (χ3v) is 15.1. The fourth-order valence-corrected chi connectivity index (χ4v) is 11.4. The minimum atomic E-state index is -0.00308. The smallest absolute Gasteiger partial charge is 0.252 e. The SMILES string of the molecule is Cc1cc2c3c(c1)N(c1ccc(C4=CCCc5oc6ccccc6c54)cc1)c1cc4c(cc1B3c1ccc(C(C)(C)C)cc1N2c1ccc(C(C)(C)C)cc1)C(C)(C)CCC4(C)C. The van der Waals surface area contributed by atoms with Crippen LogP contribution in [0.2, 0.25) is 0 Å². The van der Waals surface area contributed by atoms with Crippen LogP contribution < -0.4 is 26.2 Å². The van der Waals surface area contributed by atoms with Crippen molar-refractivity contribution in [2.75, 3.05) is 9.80 Å². The van der Waals surface area contributed by atoms with Crippen LogP contribution in [0.4, 0.5) is 34.1 Å². The van der Waals surface area contributed by atoms with Crippen LogP contribution in [0.1, 0.15) is 133 Å². The van der Waals surface area contributed by atoms with Crippen molar-refractivity contribution < 1.29 is 4.42 Å². The minimum Gasteiger partial charge on any atom is -0.460 e. The molecule has 4 aliphatic rings. The number of anilines is 6. The highest BCUT2D eigenvalue weighted by Crippen LogP contribution is 2.51. The molecule has 0 unspecified atom stereocenters. The molecule has 3 nitrogen and oxygen atoms in total. The first-order chi connectivity index (χ1) is 29.9. The van der Waals surface area contributed by atoms with Gasteiger partial charge in [0.1, 0.15) is 11.3 Å². The Kier molecular flexibility index (Phi) is 8.67. The number of para-hydroxylation sites is 1. The topological polar surface area (TPSA) is 19.6 Å². The van der Waals surface area contributed by atoms with Crippen LogP contribution in [0, 0.1) is 6.92 Å². The highest BCUT2D eigenvalue weighted by molar-refractivity contribution is 7.00. The highest BCUT2D eigenvalue weighted by atomic mass is 16.3. The standard InChI is InChI=1S/C59H61BN2O/c1-36-31-50-55-51(32-36)62(40-24-19-37(20-25-40)42-16-14-18-53-54(42)43-15-12-13-17-52(43)63-53)49-35-45-44(58(8,9)29-30-59(45,10)11)34-47(49)60(55)46-28-23-39(57(5,6)7)33-48(46)61(50)41-26-21-38(22-27-41)56(2,3)4/h12-13,15-17,19-28,31-35H,14,18,29-30H2,1-11H3. The Bertz CT molecular complexity index is 3040. The Hall–Kier alpha value is -5.74. The molecule has 0 fully saturated rings. The van der Waals surface area contributed by atoms with E-state index in [1.807, 2.05) is 0 Å². The lowest BCUT2D eigenvalue weighted by molar-refractivity contribution is 0.332. The van der Waals surface area contributed by atoms with Crippen molar-refractivity contribution in [2.24, 2.45) is 0 Å². The molecule has 0 N–H and O–H groups in total. The lowest BCUT2D eigenvalue weighted by Gasteiger charge is -2.47. The predicted octanol–water partition coefficient (Wildman–Crippen LogP) is 14.1. The van der Waals surface area contributed by atoms with Gasteiger partial charge in [-0.15, -0.1) is 0 Å². The van der Waals surface area contributed by atoms with Gasteiger partial charge in [-0.2, -0.15) is 0 Å². The van der Waals surface area contributed by atoms with E-state index in [2.05, 4.69) is 207 Å². The normalized spacial score (nSPS) is 17.1. The average molecular weight is 825 g/mol. The zero-order valence-electron chi connectivity index (χ0n) is 39.3. The summed E-state index contributed by atoms with van der Waals surface area (Å²) in [6, 6.07) is 44.9. The lowest BCUT2D eigenvalue weighted by Crippen LogP contribution is -2.62. The van der Waals surface area contributed by atoms with E-state index in [0.29, 0.717) is 0 Å².